The lowest BCUT2D eigenvalue weighted by atomic mass is 9.97. The van der Waals surface area contributed by atoms with Crippen LogP contribution in [-0.2, 0) is 0 Å². The molecule has 1 atom stereocenters. The Balaban J connectivity index is 2.46. The third-order valence-electron chi connectivity index (χ3n) is 3.72. The van der Waals surface area contributed by atoms with Crippen molar-refractivity contribution in [2.24, 2.45) is 0 Å². The van der Waals surface area contributed by atoms with Gasteiger partial charge in [0.25, 0.3) is 5.91 Å². The van der Waals surface area contributed by atoms with Gasteiger partial charge in [-0.15, -0.1) is 0 Å². The van der Waals surface area contributed by atoms with Gasteiger partial charge < -0.3 is 0 Å². The summed E-state index contributed by atoms with van der Waals surface area (Å²) in [5, 5.41) is 4.44. The molecule has 0 bridgehead atoms. The number of aromatic nitrogens is 2. The fourth-order valence-electron chi connectivity index (χ4n) is 2.51. The maximum Gasteiger partial charge on any atom is 0.278 e. The van der Waals surface area contributed by atoms with E-state index in [1.54, 1.807) is 0 Å². The number of carbonyl (C=O) groups is 1. The summed E-state index contributed by atoms with van der Waals surface area (Å²) in [6.07, 6.45) is 1.04. The van der Waals surface area contributed by atoms with Crippen molar-refractivity contribution in [2.75, 3.05) is 0 Å². The molecule has 1 heterocycles. The van der Waals surface area contributed by atoms with Crippen molar-refractivity contribution in [1.29, 1.82) is 0 Å². The smallest absolute Gasteiger partial charge is 0.267 e. The van der Waals surface area contributed by atoms with E-state index in [2.05, 4.69) is 34.9 Å². The molecule has 0 saturated carbocycles. The van der Waals surface area contributed by atoms with Crippen molar-refractivity contribution in [2.45, 2.75) is 40.0 Å². The molecule has 0 saturated heterocycles. The van der Waals surface area contributed by atoms with E-state index in [4.69, 9.17) is 0 Å². The molecule has 0 radical (unpaired) electrons. The van der Waals surface area contributed by atoms with Gasteiger partial charge in [0.1, 0.15) is 0 Å². The van der Waals surface area contributed by atoms with Crippen LogP contribution in [0, 0.1) is 13.8 Å². The second-order valence-corrected chi connectivity index (χ2v) is 6.04. The lowest BCUT2D eigenvalue weighted by Gasteiger charge is -2.09. The van der Waals surface area contributed by atoms with Gasteiger partial charge in [-0.1, -0.05) is 35.8 Å². The number of carbonyl (C=O) groups excluding carboxylic acids is 1. The SMILES string of the molecule is CCC(C)c1c(C)nn(C(=O)c2cccc(Br)c2)c1C. The molecule has 0 amide bonds. The van der Waals surface area contributed by atoms with Crippen molar-refractivity contribution in [3.8, 4) is 0 Å². The highest BCUT2D eigenvalue weighted by atomic mass is 79.9. The summed E-state index contributed by atoms with van der Waals surface area (Å²) in [5.41, 5.74) is 3.72. The molecule has 0 aliphatic heterocycles. The Morgan fingerprint density at radius 1 is 1.40 bits per heavy atom. The Morgan fingerprint density at radius 3 is 2.70 bits per heavy atom. The number of halogens is 1. The average Bonchev–Trinajstić information content (AvgIpc) is 2.72. The lowest BCUT2D eigenvalue weighted by molar-refractivity contribution is 0.0942. The molecule has 2 rings (SSSR count). The second kappa shape index (κ2) is 5.92. The molecular weight excluding hydrogens is 316 g/mol. The number of hydrogen-bond acceptors (Lipinski definition) is 2. The Hall–Kier alpha value is -1.42. The normalized spacial score (nSPS) is 12.4. The Bertz CT molecular complexity index is 646. The van der Waals surface area contributed by atoms with Gasteiger partial charge in [0.15, 0.2) is 0 Å². The Kier molecular flexibility index (Phi) is 4.43. The van der Waals surface area contributed by atoms with Gasteiger partial charge in [0.2, 0.25) is 0 Å². The van der Waals surface area contributed by atoms with Crippen LogP contribution in [-0.4, -0.2) is 15.7 Å². The van der Waals surface area contributed by atoms with Gasteiger partial charge in [-0.25, -0.2) is 4.68 Å². The fourth-order valence-corrected chi connectivity index (χ4v) is 2.91. The van der Waals surface area contributed by atoms with E-state index < -0.39 is 0 Å². The van der Waals surface area contributed by atoms with Gasteiger partial charge in [-0.2, -0.15) is 5.10 Å². The molecule has 0 aliphatic rings. The van der Waals surface area contributed by atoms with Crippen LogP contribution in [0.5, 0.6) is 0 Å². The molecule has 0 spiro atoms. The van der Waals surface area contributed by atoms with Gasteiger partial charge in [0, 0.05) is 15.7 Å². The predicted molar refractivity (Wildman–Crippen MR) is 84.3 cm³/mol. The quantitative estimate of drug-likeness (QED) is 0.830. The minimum Gasteiger partial charge on any atom is -0.267 e. The highest BCUT2D eigenvalue weighted by Crippen LogP contribution is 2.26. The van der Waals surface area contributed by atoms with Crippen LogP contribution in [0.2, 0.25) is 0 Å². The molecule has 1 unspecified atom stereocenters. The van der Waals surface area contributed by atoms with Crippen molar-refractivity contribution < 1.29 is 4.79 Å². The van der Waals surface area contributed by atoms with E-state index in [1.165, 1.54) is 10.2 Å². The molecule has 106 valence electrons. The van der Waals surface area contributed by atoms with E-state index in [1.807, 2.05) is 38.1 Å². The molecule has 3 nitrogen and oxygen atoms in total. The van der Waals surface area contributed by atoms with Crippen LogP contribution in [0.4, 0.5) is 0 Å². The molecule has 0 fully saturated rings. The predicted octanol–water partition coefficient (Wildman–Crippen LogP) is 4.46. The highest BCUT2D eigenvalue weighted by molar-refractivity contribution is 9.10. The number of benzene rings is 1. The van der Waals surface area contributed by atoms with Gasteiger partial charge in [0.05, 0.1) is 5.69 Å². The number of hydrogen-bond donors (Lipinski definition) is 0. The molecule has 0 N–H and O–H groups in total. The standard InChI is InChI=1S/C16H19BrN2O/c1-5-10(2)15-11(3)18-19(12(15)4)16(20)13-7-6-8-14(17)9-13/h6-10H,5H2,1-4H3. The Labute approximate surface area is 128 Å². The highest BCUT2D eigenvalue weighted by Gasteiger charge is 2.20. The summed E-state index contributed by atoms with van der Waals surface area (Å²) in [5.74, 6) is 0.334. The van der Waals surface area contributed by atoms with Crippen LogP contribution in [0.25, 0.3) is 0 Å². The van der Waals surface area contributed by atoms with Crippen molar-refractivity contribution in [3.63, 3.8) is 0 Å². The number of rotatable bonds is 3. The first-order valence-corrected chi connectivity index (χ1v) is 7.61. The molecule has 4 heteroatoms. The largest absolute Gasteiger partial charge is 0.278 e. The molecular formula is C16H19BrN2O. The van der Waals surface area contributed by atoms with E-state index in [0.29, 0.717) is 11.5 Å². The molecule has 20 heavy (non-hydrogen) atoms. The van der Waals surface area contributed by atoms with Gasteiger partial charge >= 0.3 is 0 Å². The summed E-state index contributed by atoms with van der Waals surface area (Å²) < 4.78 is 2.42. The number of nitrogens with zero attached hydrogens (tertiary/aromatic N) is 2. The third-order valence-corrected chi connectivity index (χ3v) is 4.21. The van der Waals surface area contributed by atoms with Crippen LogP contribution in [0.1, 0.15) is 53.5 Å². The lowest BCUT2D eigenvalue weighted by Crippen LogP contribution is -2.15. The third kappa shape index (κ3) is 2.70. The summed E-state index contributed by atoms with van der Waals surface area (Å²) >= 11 is 3.39. The Morgan fingerprint density at radius 2 is 2.10 bits per heavy atom. The topological polar surface area (TPSA) is 34.9 Å². The summed E-state index contributed by atoms with van der Waals surface area (Å²) in [6, 6.07) is 7.40. The van der Waals surface area contributed by atoms with Crippen molar-refractivity contribution >= 4 is 21.8 Å². The van der Waals surface area contributed by atoms with Crippen LogP contribution >= 0.6 is 15.9 Å². The minimum absolute atomic E-state index is 0.0820. The van der Waals surface area contributed by atoms with Crippen LogP contribution < -0.4 is 0 Å². The number of aryl methyl sites for hydroxylation is 1. The monoisotopic (exact) mass is 334 g/mol. The average molecular weight is 335 g/mol. The van der Waals surface area contributed by atoms with E-state index in [0.717, 1.165) is 22.3 Å². The maximum absolute atomic E-state index is 12.6. The zero-order valence-corrected chi connectivity index (χ0v) is 13.9. The fraction of sp³-hybridized carbons (Fsp3) is 0.375. The zero-order valence-electron chi connectivity index (χ0n) is 12.3. The first kappa shape index (κ1) is 15.0. The molecule has 2 aromatic rings. The molecule has 1 aromatic carbocycles. The first-order chi connectivity index (χ1) is 9.45. The first-order valence-electron chi connectivity index (χ1n) is 6.82. The van der Waals surface area contributed by atoms with Crippen LogP contribution in [0.3, 0.4) is 0 Å². The summed E-state index contributed by atoms with van der Waals surface area (Å²) in [4.78, 5) is 12.6. The van der Waals surface area contributed by atoms with Gasteiger partial charge in [-0.05, 0) is 49.9 Å². The van der Waals surface area contributed by atoms with Crippen LogP contribution in [0.15, 0.2) is 28.7 Å². The zero-order chi connectivity index (χ0) is 14.9. The van der Waals surface area contributed by atoms with Crippen molar-refractivity contribution in [3.05, 3.63) is 51.3 Å². The van der Waals surface area contributed by atoms with E-state index in [9.17, 15) is 4.79 Å². The molecule has 0 aliphatic carbocycles. The van der Waals surface area contributed by atoms with Gasteiger partial charge in [-0.3, -0.25) is 4.79 Å². The summed E-state index contributed by atoms with van der Waals surface area (Å²) in [7, 11) is 0. The molecule has 1 aromatic heterocycles. The second-order valence-electron chi connectivity index (χ2n) is 5.12. The van der Waals surface area contributed by atoms with E-state index in [-0.39, 0.29) is 5.91 Å². The van der Waals surface area contributed by atoms with E-state index >= 15 is 0 Å². The maximum atomic E-state index is 12.6. The summed E-state index contributed by atoms with van der Waals surface area (Å²) in [6.45, 7) is 8.26. The van der Waals surface area contributed by atoms with Crippen molar-refractivity contribution in [1.82, 2.24) is 9.78 Å². The minimum atomic E-state index is -0.0820.